The molecule has 0 spiro atoms. The number of amides is 2. The Morgan fingerprint density at radius 1 is 1.33 bits per heavy atom. The lowest BCUT2D eigenvalue weighted by molar-refractivity contribution is -0.137. The van der Waals surface area contributed by atoms with Crippen molar-refractivity contribution < 1.29 is 26.5 Å². The fourth-order valence-electron chi connectivity index (χ4n) is 1.36. The molecule has 1 aromatic carbocycles. The van der Waals surface area contributed by atoms with E-state index in [1.807, 2.05) is 0 Å². The lowest BCUT2D eigenvalue weighted by atomic mass is 10.2. The summed E-state index contributed by atoms with van der Waals surface area (Å²) in [5.41, 5.74) is -1.07. The monoisotopic (exact) mass is 280 g/mol. The molecule has 1 aliphatic heterocycles. The minimum Gasteiger partial charge on any atom is -0.244 e. The predicted octanol–water partition coefficient (Wildman–Crippen LogP) is 2.09. The van der Waals surface area contributed by atoms with Gasteiger partial charge < -0.3 is 0 Å². The Morgan fingerprint density at radius 3 is 2.50 bits per heavy atom. The molecule has 0 aliphatic carbocycles. The minimum atomic E-state index is -4.53. The summed E-state index contributed by atoms with van der Waals surface area (Å²) >= 11 is -2.16. The topological polar surface area (TPSA) is 49.9 Å². The fraction of sp³-hybridized carbons (Fsp3) is 0.222. The van der Waals surface area contributed by atoms with Crippen molar-refractivity contribution in [3.63, 3.8) is 0 Å². The van der Waals surface area contributed by atoms with Crippen molar-refractivity contribution in [1.82, 2.24) is 5.06 Å². The molecule has 5 nitrogen and oxygen atoms in total. The maximum atomic E-state index is 12.5. The number of nitrogens with zero attached hydrogens (tertiary/aromatic N) is 2. The Labute approximate surface area is 102 Å². The van der Waals surface area contributed by atoms with Crippen LogP contribution in [-0.4, -0.2) is 22.4 Å². The normalized spacial score (nSPS) is 20.7. The maximum absolute atomic E-state index is 12.5. The summed E-state index contributed by atoms with van der Waals surface area (Å²) in [7, 11) is 1.22. The molecule has 18 heavy (non-hydrogen) atoms. The van der Waals surface area contributed by atoms with E-state index in [2.05, 4.69) is 4.28 Å². The first kappa shape index (κ1) is 12.8. The maximum Gasteiger partial charge on any atom is 0.416 e. The second-order valence-corrected chi connectivity index (χ2v) is 4.36. The molecule has 0 bridgehead atoms. The number of carbonyl (C=O) groups is 1. The van der Waals surface area contributed by atoms with Crippen LogP contribution in [0.5, 0.6) is 0 Å². The Balaban J connectivity index is 2.41. The van der Waals surface area contributed by atoms with Gasteiger partial charge in [0.1, 0.15) is 0 Å². The van der Waals surface area contributed by atoms with E-state index in [9.17, 15) is 22.2 Å². The third-order valence-corrected chi connectivity index (χ3v) is 3.19. The number of anilines is 1. The lowest BCUT2D eigenvalue weighted by Crippen LogP contribution is -2.29. The van der Waals surface area contributed by atoms with Gasteiger partial charge in [0, 0.05) is 7.05 Å². The van der Waals surface area contributed by atoms with E-state index >= 15 is 0 Å². The Bertz CT molecular complexity index is 520. The third kappa shape index (κ3) is 2.18. The van der Waals surface area contributed by atoms with Gasteiger partial charge in [-0.05, 0) is 18.2 Å². The molecule has 98 valence electrons. The van der Waals surface area contributed by atoms with Crippen molar-refractivity contribution in [3.8, 4) is 0 Å². The first-order valence-corrected chi connectivity index (χ1v) is 5.69. The van der Waals surface area contributed by atoms with E-state index in [1.165, 1.54) is 13.1 Å². The number of urea groups is 1. The summed E-state index contributed by atoms with van der Waals surface area (Å²) in [4.78, 5) is 11.5. The highest BCUT2D eigenvalue weighted by Crippen LogP contribution is 2.33. The van der Waals surface area contributed by atoms with Gasteiger partial charge in [0.15, 0.2) is 0 Å². The van der Waals surface area contributed by atoms with Gasteiger partial charge in [-0.25, -0.2) is 9.00 Å². The van der Waals surface area contributed by atoms with Crippen LogP contribution in [0.25, 0.3) is 0 Å². The highest BCUT2D eigenvalue weighted by Gasteiger charge is 2.38. The van der Waals surface area contributed by atoms with Crippen LogP contribution < -0.4 is 4.31 Å². The van der Waals surface area contributed by atoms with E-state index < -0.39 is 29.0 Å². The molecule has 1 unspecified atom stereocenters. The first-order valence-electron chi connectivity index (χ1n) is 4.66. The number of halogens is 3. The number of alkyl halides is 3. The van der Waals surface area contributed by atoms with Crippen LogP contribution in [0.3, 0.4) is 0 Å². The zero-order chi connectivity index (χ0) is 13.5. The number of carbonyl (C=O) groups excluding carboxylic acids is 1. The van der Waals surface area contributed by atoms with Gasteiger partial charge in [0.25, 0.3) is 11.3 Å². The average molecular weight is 280 g/mol. The molecular formula is C9H7F3N2O3S. The highest BCUT2D eigenvalue weighted by molar-refractivity contribution is 7.83. The van der Waals surface area contributed by atoms with Crippen molar-refractivity contribution in [3.05, 3.63) is 29.8 Å². The van der Waals surface area contributed by atoms with Gasteiger partial charge in [-0.1, -0.05) is 6.07 Å². The molecule has 0 saturated carbocycles. The van der Waals surface area contributed by atoms with Crippen LogP contribution in [0.15, 0.2) is 24.3 Å². The fourth-order valence-corrected chi connectivity index (χ4v) is 2.21. The lowest BCUT2D eigenvalue weighted by Gasteiger charge is -2.13. The second-order valence-electron chi connectivity index (χ2n) is 3.41. The van der Waals surface area contributed by atoms with Crippen molar-refractivity contribution in [2.75, 3.05) is 11.4 Å². The molecule has 0 radical (unpaired) electrons. The smallest absolute Gasteiger partial charge is 0.244 e. The molecule has 2 amide bonds. The summed E-state index contributed by atoms with van der Waals surface area (Å²) in [5, 5.41) is 0.691. The number of hydroxylamine groups is 2. The molecule has 1 atom stereocenters. The van der Waals surface area contributed by atoms with Gasteiger partial charge in [-0.3, -0.25) is 0 Å². The molecule has 2 rings (SSSR count). The van der Waals surface area contributed by atoms with E-state index in [1.54, 1.807) is 0 Å². The molecular weight excluding hydrogens is 273 g/mol. The van der Waals surface area contributed by atoms with E-state index in [0.717, 1.165) is 18.2 Å². The van der Waals surface area contributed by atoms with Crippen molar-refractivity contribution in [1.29, 1.82) is 0 Å². The largest absolute Gasteiger partial charge is 0.416 e. The molecule has 0 N–H and O–H groups in total. The van der Waals surface area contributed by atoms with Crippen LogP contribution in [0.2, 0.25) is 0 Å². The minimum absolute atomic E-state index is 0.141. The summed E-state index contributed by atoms with van der Waals surface area (Å²) in [5.74, 6) is 0. The molecule has 1 aliphatic rings. The molecule has 1 saturated heterocycles. The van der Waals surface area contributed by atoms with Gasteiger partial charge in [0.2, 0.25) is 0 Å². The quantitative estimate of drug-likeness (QED) is 0.791. The third-order valence-electron chi connectivity index (χ3n) is 2.18. The van der Waals surface area contributed by atoms with Gasteiger partial charge in [-0.15, -0.1) is 4.28 Å². The molecule has 0 aromatic heterocycles. The standard InChI is InChI=1S/C9H7F3N2O3S/c1-13-8(15)14(18(16)17-13)7-4-2-3-6(5-7)9(10,11)12/h2-5H,1H3. The van der Waals surface area contributed by atoms with Crippen LogP contribution in [0.1, 0.15) is 5.56 Å². The summed E-state index contributed by atoms with van der Waals surface area (Å²) in [6.07, 6.45) is -4.53. The molecule has 9 heteroatoms. The molecule has 1 aromatic rings. The average Bonchev–Trinajstić information content (AvgIpc) is 2.52. The van der Waals surface area contributed by atoms with Gasteiger partial charge in [0.05, 0.1) is 11.3 Å². The highest BCUT2D eigenvalue weighted by atomic mass is 32.2. The first-order chi connectivity index (χ1) is 8.30. The van der Waals surface area contributed by atoms with Crippen LogP contribution in [-0.2, 0) is 21.7 Å². The van der Waals surface area contributed by atoms with Gasteiger partial charge >= 0.3 is 12.2 Å². The molecule has 1 heterocycles. The van der Waals surface area contributed by atoms with Crippen LogP contribution in [0.4, 0.5) is 23.7 Å². The summed E-state index contributed by atoms with van der Waals surface area (Å²) < 4.78 is 54.1. The summed E-state index contributed by atoms with van der Waals surface area (Å²) in [6, 6.07) is 3.16. The SMILES string of the molecule is CN1OS(=O)N(c2cccc(C(F)(F)F)c2)C1=O. The Morgan fingerprint density at radius 2 is 2.00 bits per heavy atom. The van der Waals surface area contributed by atoms with E-state index in [0.29, 0.717) is 9.37 Å². The number of benzene rings is 1. The number of rotatable bonds is 1. The number of hydrogen-bond donors (Lipinski definition) is 0. The molecule has 1 fully saturated rings. The predicted molar refractivity (Wildman–Crippen MR) is 56.3 cm³/mol. The van der Waals surface area contributed by atoms with Crippen molar-refractivity contribution in [2.45, 2.75) is 6.18 Å². The van der Waals surface area contributed by atoms with Gasteiger partial charge in [-0.2, -0.15) is 22.5 Å². The van der Waals surface area contributed by atoms with E-state index in [4.69, 9.17) is 0 Å². The zero-order valence-electron chi connectivity index (χ0n) is 8.97. The van der Waals surface area contributed by atoms with Crippen LogP contribution >= 0.6 is 0 Å². The zero-order valence-corrected chi connectivity index (χ0v) is 9.79. The van der Waals surface area contributed by atoms with E-state index in [-0.39, 0.29) is 5.69 Å². The van der Waals surface area contributed by atoms with Crippen LogP contribution in [0, 0.1) is 0 Å². The van der Waals surface area contributed by atoms with Crippen molar-refractivity contribution in [2.24, 2.45) is 0 Å². The Hall–Kier alpha value is -1.61. The second kappa shape index (κ2) is 4.25. The summed E-state index contributed by atoms with van der Waals surface area (Å²) in [6.45, 7) is 0. The van der Waals surface area contributed by atoms with Crippen molar-refractivity contribution >= 4 is 23.0 Å². The number of hydrogen-bond acceptors (Lipinski definition) is 3. The Kier molecular flexibility index (Phi) is 3.03.